The normalized spacial score (nSPS) is 17.8. The maximum atomic E-state index is 11.5. The average molecular weight is 233 g/mol. The molecule has 5 heteroatoms. The maximum absolute atomic E-state index is 11.5. The van der Waals surface area contributed by atoms with E-state index >= 15 is 0 Å². The number of sulfonamides is 1. The van der Waals surface area contributed by atoms with Crippen molar-refractivity contribution in [1.29, 1.82) is 0 Å². The van der Waals surface area contributed by atoms with Crippen LogP contribution in [0, 0.1) is 11.3 Å². The van der Waals surface area contributed by atoms with Gasteiger partial charge in [0, 0.05) is 5.41 Å². The smallest absolute Gasteiger partial charge is 0.212 e. The van der Waals surface area contributed by atoms with E-state index in [1.807, 2.05) is 0 Å². The molecular formula is C10H19NO3S. The molecule has 0 amide bonds. The Morgan fingerprint density at radius 2 is 1.87 bits per heavy atom. The molecule has 1 N–H and O–H groups in total. The molecule has 1 fully saturated rings. The van der Waals surface area contributed by atoms with Crippen LogP contribution in [0.2, 0.25) is 0 Å². The van der Waals surface area contributed by atoms with Gasteiger partial charge < -0.3 is 0 Å². The Morgan fingerprint density at radius 3 is 2.27 bits per heavy atom. The van der Waals surface area contributed by atoms with E-state index in [1.165, 1.54) is 0 Å². The highest BCUT2D eigenvalue weighted by Gasteiger charge is 2.29. The summed E-state index contributed by atoms with van der Waals surface area (Å²) in [5, 5.41) is 0. The molecule has 1 rings (SSSR count). The summed E-state index contributed by atoms with van der Waals surface area (Å²) >= 11 is 0. The molecule has 1 aliphatic carbocycles. The van der Waals surface area contributed by atoms with Gasteiger partial charge in [-0.05, 0) is 18.8 Å². The number of nitrogens with one attached hydrogen (secondary N) is 1. The second-order valence-corrected chi connectivity index (χ2v) is 7.07. The van der Waals surface area contributed by atoms with Crippen LogP contribution in [-0.4, -0.2) is 26.5 Å². The van der Waals surface area contributed by atoms with Gasteiger partial charge in [0.15, 0.2) is 5.78 Å². The Labute approximate surface area is 91.5 Å². The second kappa shape index (κ2) is 4.22. The molecule has 0 unspecified atom stereocenters. The summed E-state index contributed by atoms with van der Waals surface area (Å²) in [7, 11) is -3.24. The van der Waals surface area contributed by atoms with Gasteiger partial charge in [-0.2, -0.15) is 0 Å². The number of carbonyl (C=O) groups excluding carboxylic acids is 1. The van der Waals surface area contributed by atoms with Crippen LogP contribution in [0.1, 0.15) is 33.6 Å². The van der Waals surface area contributed by atoms with Crippen LogP contribution in [0.15, 0.2) is 0 Å². The molecule has 0 aromatic heterocycles. The van der Waals surface area contributed by atoms with Crippen molar-refractivity contribution in [3.05, 3.63) is 0 Å². The third-order valence-electron chi connectivity index (χ3n) is 2.44. The van der Waals surface area contributed by atoms with E-state index in [1.54, 1.807) is 20.8 Å². The van der Waals surface area contributed by atoms with Crippen LogP contribution in [0.4, 0.5) is 0 Å². The minimum Gasteiger partial charge on any atom is -0.298 e. The molecule has 0 atom stereocenters. The van der Waals surface area contributed by atoms with Gasteiger partial charge in [-0.25, -0.2) is 13.1 Å². The second-order valence-electron chi connectivity index (χ2n) is 5.22. The van der Waals surface area contributed by atoms with E-state index in [9.17, 15) is 13.2 Å². The first-order chi connectivity index (χ1) is 6.71. The summed E-state index contributed by atoms with van der Waals surface area (Å²) in [6.45, 7) is 5.26. The van der Waals surface area contributed by atoms with Gasteiger partial charge in [0.25, 0.3) is 0 Å². The monoisotopic (exact) mass is 233 g/mol. The highest BCUT2D eigenvalue weighted by molar-refractivity contribution is 7.89. The Morgan fingerprint density at radius 1 is 1.33 bits per heavy atom. The van der Waals surface area contributed by atoms with Gasteiger partial charge in [0.2, 0.25) is 10.0 Å². The van der Waals surface area contributed by atoms with Gasteiger partial charge in [-0.3, -0.25) is 4.79 Å². The Bertz CT molecular complexity index is 336. The molecule has 4 nitrogen and oxygen atoms in total. The first kappa shape index (κ1) is 12.6. The largest absolute Gasteiger partial charge is 0.298 e. The first-order valence-electron chi connectivity index (χ1n) is 5.21. The number of carbonyl (C=O) groups is 1. The lowest BCUT2D eigenvalue weighted by atomic mass is 9.91. The van der Waals surface area contributed by atoms with E-state index in [2.05, 4.69) is 4.72 Å². The number of rotatable bonds is 5. The van der Waals surface area contributed by atoms with Crippen molar-refractivity contribution in [3.63, 3.8) is 0 Å². The lowest BCUT2D eigenvalue weighted by Crippen LogP contribution is -2.36. The van der Waals surface area contributed by atoms with Gasteiger partial charge in [0.1, 0.15) is 0 Å². The molecule has 0 spiro atoms. The predicted molar refractivity (Wildman–Crippen MR) is 59.0 cm³/mol. The fourth-order valence-electron chi connectivity index (χ4n) is 1.09. The zero-order chi connectivity index (χ0) is 11.7. The van der Waals surface area contributed by atoms with Gasteiger partial charge in [0.05, 0.1) is 12.3 Å². The maximum Gasteiger partial charge on any atom is 0.212 e. The number of hydrogen-bond donors (Lipinski definition) is 1. The molecule has 1 saturated carbocycles. The van der Waals surface area contributed by atoms with Crippen molar-refractivity contribution < 1.29 is 13.2 Å². The van der Waals surface area contributed by atoms with E-state index in [0.717, 1.165) is 12.8 Å². The third-order valence-corrected chi connectivity index (χ3v) is 3.94. The van der Waals surface area contributed by atoms with Crippen molar-refractivity contribution >= 4 is 15.8 Å². The molecule has 0 aromatic rings. The van der Waals surface area contributed by atoms with Crippen molar-refractivity contribution in [2.24, 2.45) is 11.3 Å². The van der Waals surface area contributed by atoms with E-state index in [4.69, 9.17) is 0 Å². The molecule has 0 aromatic carbocycles. The summed E-state index contributed by atoms with van der Waals surface area (Å²) in [6.07, 6.45) is 1.99. The molecule has 1 aliphatic rings. The average Bonchev–Trinajstić information content (AvgIpc) is 2.81. The van der Waals surface area contributed by atoms with Gasteiger partial charge >= 0.3 is 0 Å². The predicted octanol–water partition coefficient (Wildman–Crippen LogP) is 0.931. The third kappa shape index (κ3) is 4.75. The summed E-state index contributed by atoms with van der Waals surface area (Å²) in [6, 6.07) is 0. The van der Waals surface area contributed by atoms with Crippen molar-refractivity contribution in [1.82, 2.24) is 4.72 Å². The molecule has 0 bridgehead atoms. The van der Waals surface area contributed by atoms with Crippen LogP contribution in [-0.2, 0) is 14.8 Å². The highest BCUT2D eigenvalue weighted by atomic mass is 32.2. The van der Waals surface area contributed by atoms with Crippen LogP contribution in [0.5, 0.6) is 0 Å². The fourth-order valence-corrected chi connectivity index (χ4v) is 2.52. The SMILES string of the molecule is CC(C)(C)C(=O)CNS(=O)(=O)CC1CC1. The number of hydrogen-bond acceptors (Lipinski definition) is 3. The minimum absolute atomic E-state index is 0.0816. The molecule has 0 heterocycles. The quantitative estimate of drug-likeness (QED) is 0.768. The zero-order valence-corrected chi connectivity index (χ0v) is 10.4. The molecular weight excluding hydrogens is 214 g/mol. The van der Waals surface area contributed by atoms with Crippen LogP contribution >= 0.6 is 0 Å². The zero-order valence-electron chi connectivity index (χ0n) is 9.54. The summed E-state index contributed by atoms with van der Waals surface area (Å²) in [4.78, 5) is 11.5. The fraction of sp³-hybridized carbons (Fsp3) is 0.900. The van der Waals surface area contributed by atoms with Crippen LogP contribution in [0.3, 0.4) is 0 Å². The molecule has 15 heavy (non-hydrogen) atoms. The Kier molecular flexibility index (Phi) is 3.55. The lowest BCUT2D eigenvalue weighted by molar-refractivity contribution is -0.125. The lowest BCUT2D eigenvalue weighted by Gasteiger charge is -2.16. The molecule has 88 valence electrons. The standard InChI is InChI=1S/C10H19NO3S/c1-10(2,3)9(12)6-11-15(13,14)7-8-4-5-8/h8,11H,4-7H2,1-3H3. The summed E-state index contributed by atoms with van der Waals surface area (Å²) < 4.78 is 25.3. The van der Waals surface area contributed by atoms with Gasteiger partial charge in [-0.15, -0.1) is 0 Å². The summed E-state index contributed by atoms with van der Waals surface area (Å²) in [5.41, 5.74) is -0.484. The van der Waals surface area contributed by atoms with E-state index in [-0.39, 0.29) is 18.1 Å². The van der Waals surface area contributed by atoms with Gasteiger partial charge in [-0.1, -0.05) is 20.8 Å². The van der Waals surface area contributed by atoms with E-state index < -0.39 is 15.4 Å². The van der Waals surface area contributed by atoms with Crippen LogP contribution in [0.25, 0.3) is 0 Å². The number of ketones is 1. The van der Waals surface area contributed by atoms with Crippen molar-refractivity contribution in [2.45, 2.75) is 33.6 Å². The summed E-state index contributed by atoms with van der Waals surface area (Å²) in [5.74, 6) is 0.402. The van der Waals surface area contributed by atoms with Crippen LogP contribution < -0.4 is 4.72 Å². The van der Waals surface area contributed by atoms with Crippen molar-refractivity contribution in [3.8, 4) is 0 Å². The Balaban J connectivity index is 2.38. The van der Waals surface area contributed by atoms with Crippen molar-refractivity contribution in [2.75, 3.05) is 12.3 Å². The molecule has 0 saturated heterocycles. The molecule has 0 radical (unpaired) electrons. The topological polar surface area (TPSA) is 63.2 Å². The molecule has 0 aliphatic heterocycles. The number of Topliss-reactive ketones (excluding diaryl/α,β-unsaturated/α-hetero) is 1. The Hall–Kier alpha value is -0.420. The van der Waals surface area contributed by atoms with E-state index in [0.29, 0.717) is 5.92 Å². The minimum atomic E-state index is -3.24. The first-order valence-corrected chi connectivity index (χ1v) is 6.86. The highest BCUT2D eigenvalue weighted by Crippen LogP contribution is 2.29.